The van der Waals surface area contributed by atoms with Crippen LogP contribution in [0.15, 0.2) is 18.2 Å². The molecule has 0 aliphatic carbocycles. The summed E-state index contributed by atoms with van der Waals surface area (Å²) in [6, 6.07) is 5.04. The van der Waals surface area contributed by atoms with Gasteiger partial charge in [0.25, 0.3) is 5.91 Å². The predicted molar refractivity (Wildman–Crippen MR) is 106 cm³/mol. The van der Waals surface area contributed by atoms with Gasteiger partial charge in [-0.1, -0.05) is 30.1 Å². The molecule has 1 aromatic rings. The van der Waals surface area contributed by atoms with Crippen LogP contribution in [0.5, 0.6) is 5.75 Å². The topological polar surface area (TPSA) is 32.8 Å². The Morgan fingerprint density at radius 3 is 2.69 bits per heavy atom. The average molecular weight is 399 g/mol. The number of benzene rings is 1. The molecule has 0 spiro atoms. The van der Waals surface area contributed by atoms with Crippen molar-refractivity contribution in [1.29, 1.82) is 0 Å². The van der Waals surface area contributed by atoms with Gasteiger partial charge in [-0.2, -0.15) is 0 Å². The van der Waals surface area contributed by atoms with Crippen molar-refractivity contribution >= 4 is 29.1 Å². The van der Waals surface area contributed by atoms with Crippen LogP contribution in [0.1, 0.15) is 32.6 Å². The van der Waals surface area contributed by atoms with Gasteiger partial charge in [0.05, 0.1) is 5.02 Å². The van der Waals surface area contributed by atoms with Gasteiger partial charge in [0.1, 0.15) is 5.75 Å². The lowest BCUT2D eigenvalue weighted by Crippen LogP contribution is -2.46. The van der Waals surface area contributed by atoms with Crippen LogP contribution in [-0.2, 0) is 4.79 Å². The summed E-state index contributed by atoms with van der Waals surface area (Å²) in [5, 5.41) is 0.987. The number of carbonyl (C=O) groups is 1. The Morgan fingerprint density at radius 2 is 1.96 bits per heavy atom. The minimum absolute atomic E-state index is 0.0231. The van der Waals surface area contributed by atoms with E-state index in [0.717, 1.165) is 32.0 Å². The molecule has 144 valence electrons. The van der Waals surface area contributed by atoms with Crippen molar-refractivity contribution in [3.05, 3.63) is 28.2 Å². The fraction of sp³-hybridized carbons (Fsp3) is 0.650. The second-order valence-electron chi connectivity index (χ2n) is 7.69. The van der Waals surface area contributed by atoms with E-state index in [-0.39, 0.29) is 12.5 Å². The third-order valence-electron chi connectivity index (χ3n) is 5.51. The molecule has 2 heterocycles. The lowest BCUT2D eigenvalue weighted by molar-refractivity contribution is -0.135. The van der Waals surface area contributed by atoms with Crippen molar-refractivity contribution in [2.75, 3.05) is 39.3 Å². The molecule has 26 heavy (non-hydrogen) atoms. The first-order chi connectivity index (χ1) is 12.5. The maximum absolute atomic E-state index is 12.5. The molecular formula is C20H28Cl2N2O2. The van der Waals surface area contributed by atoms with Crippen molar-refractivity contribution in [2.45, 2.75) is 32.6 Å². The molecule has 0 saturated carbocycles. The normalized spacial score (nSPS) is 22.4. The average Bonchev–Trinajstić information content (AvgIpc) is 2.63. The van der Waals surface area contributed by atoms with E-state index in [1.54, 1.807) is 18.2 Å². The van der Waals surface area contributed by atoms with Crippen molar-refractivity contribution in [2.24, 2.45) is 11.8 Å². The quantitative estimate of drug-likeness (QED) is 0.739. The Bertz CT molecular complexity index is 618. The second-order valence-corrected chi connectivity index (χ2v) is 8.54. The highest BCUT2D eigenvalue weighted by molar-refractivity contribution is 6.35. The van der Waals surface area contributed by atoms with E-state index in [1.807, 2.05) is 4.90 Å². The zero-order valence-electron chi connectivity index (χ0n) is 15.4. The first-order valence-corrected chi connectivity index (χ1v) is 10.3. The van der Waals surface area contributed by atoms with Gasteiger partial charge in [-0.3, -0.25) is 4.79 Å². The summed E-state index contributed by atoms with van der Waals surface area (Å²) in [7, 11) is 0. The molecule has 3 rings (SSSR count). The van der Waals surface area contributed by atoms with Crippen molar-refractivity contribution in [3.8, 4) is 5.75 Å². The summed E-state index contributed by atoms with van der Waals surface area (Å²) < 4.78 is 5.61. The molecule has 4 nitrogen and oxygen atoms in total. The van der Waals surface area contributed by atoms with Gasteiger partial charge in [-0.25, -0.2) is 0 Å². The Kier molecular flexibility index (Phi) is 7.07. The van der Waals surface area contributed by atoms with Gasteiger partial charge in [0.15, 0.2) is 6.61 Å². The van der Waals surface area contributed by atoms with Crippen LogP contribution in [0.4, 0.5) is 0 Å². The summed E-state index contributed by atoms with van der Waals surface area (Å²) in [4.78, 5) is 17.1. The van der Waals surface area contributed by atoms with Crippen LogP contribution >= 0.6 is 23.2 Å². The van der Waals surface area contributed by atoms with E-state index in [2.05, 4.69) is 11.8 Å². The number of amides is 1. The van der Waals surface area contributed by atoms with Crippen LogP contribution in [0.3, 0.4) is 0 Å². The van der Waals surface area contributed by atoms with Crippen LogP contribution in [-0.4, -0.2) is 55.0 Å². The molecular weight excluding hydrogens is 371 g/mol. The number of carbonyl (C=O) groups excluding carboxylic acids is 1. The number of hydrogen-bond donors (Lipinski definition) is 0. The maximum atomic E-state index is 12.5. The number of piperidine rings is 2. The molecule has 1 unspecified atom stereocenters. The Labute approximate surface area is 166 Å². The van der Waals surface area contributed by atoms with Gasteiger partial charge in [0.2, 0.25) is 0 Å². The maximum Gasteiger partial charge on any atom is 0.260 e. The summed E-state index contributed by atoms with van der Waals surface area (Å²) in [6.45, 7) is 7.53. The van der Waals surface area contributed by atoms with Crippen molar-refractivity contribution in [3.63, 3.8) is 0 Å². The summed E-state index contributed by atoms with van der Waals surface area (Å²) in [5.74, 6) is 1.96. The fourth-order valence-corrected chi connectivity index (χ4v) is 4.34. The second kappa shape index (κ2) is 9.29. The number of nitrogens with zero attached hydrogens (tertiary/aromatic N) is 2. The highest BCUT2D eigenvalue weighted by atomic mass is 35.5. The standard InChI is InChI=1S/C20H28Cl2N2O2/c1-15-6-9-23(10-7-15)12-16-3-2-8-24(13-16)20(25)14-26-19-5-4-17(21)11-18(19)22/h4-5,11,15-16H,2-3,6-10,12-14H2,1H3. The third-order valence-corrected chi connectivity index (χ3v) is 6.04. The number of rotatable bonds is 5. The Hall–Kier alpha value is -0.970. The summed E-state index contributed by atoms with van der Waals surface area (Å²) >= 11 is 12.0. The molecule has 1 atom stereocenters. The highest BCUT2D eigenvalue weighted by Gasteiger charge is 2.26. The first-order valence-electron chi connectivity index (χ1n) is 9.59. The van der Waals surface area contributed by atoms with Gasteiger partial charge >= 0.3 is 0 Å². The molecule has 6 heteroatoms. The number of hydrogen-bond acceptors (Lipinski definition) is 3. The fourth-order valence-electron chi connectivity index (χ4n) is 3.87. The number of halogens is 2. The first kappa shape index (κ1) is 19.8. The zero-order valence-corrected chi connectivity index (χ0v) is 16.9. The Balaban J connectivity index is 1.46. The molecule has 2 saturated heterocycles. The zero-order chi connectivity index (χ0) is 18.5. The van der Waals surface area contributed by atoms with E-state index in [9.17, 15) is 4.79 Å². The smallest absolute Gasteiger partial charge is 0.260 e. The van der Waals surface area contributed by atoms with Gasteiger partial charge < -0.3 is 14.5 Å². The molecule has 2 fully saturated rings. The largest absolute Gasteiger partial charge is 0.482 e. The van der Waals surface area contributed by atoms with E-state index >= 15 is 0 Å². The van der Waals surface area contributed by atoms with Crippen molar-refractivity contribution < 1.29 is 9.53 Å². The van der Waals surface area contributed by atoms with E-state index < -0.39 is 0 Å². The lowest BCUT2D eigenvalue weighted by Gasteiger charge is -2.37. The minimum Gasteiger partial charge on any atom is -0.482 e. The van der Waals surface area contributed by atoms with E-state index in [4.69, 9.17) is 27.9 Å². The monoisotopic (exact) mass is 398 g/mol. The summed E-state index contributed by atoms with van der Waals surface area (Å²) in [6.07, 6.45) is 4.87. The van der Waals surface area contributed by atoms with Crippen molar-refractivity contribution in [1.82, 2.24) is 9.80 Å². The molecule has 0 radical (unpaired) electrons. The molecule has 0 aromatic heterocycles. The van der Waals surface area contributed by atoms with Gasteiger partial charge in [-0.15, -0.1) is 0 Å². The number of ether oxygens (including phenoxy) is 1. The lowest BCUT2D eigenvalue weighted by atomic mass is 9.94. The highest BCUT2D eigenvalue weighted by Crippen LogP contribution is 2.28. The minimum atomic E-state index is 0.0231. The molecule has 0 N–H and O–H groups in total. The van der Waals surface area contributed by atoms with Crippen LogP contribution < -0.4 is 4.74 Å². The SMILES string of the molecule is CC1CCN(CC2CCCN(C(=O)COc3ccc(Cl)cc3Cl)C2)CC1. The molecule has 1 amide bonds. The number of likely N-dealkylation sites (tertiary alicyclic amines) is 2. The van der Waals surface area contributed by atoms with Gasteiger partial charge in [0, 0.05) is 24.7 Å². The van der Waals surface area contributed by atoms with E-state index in [0.29, 0.717) is 21.7 Å². The van der Waals surface area contributed by atoms with Crippen LogP contribution in [0, 0.1) is 11.8 Å². The molecule has 0 bridgehead atoms. The predicted octanol–water partition coefficient (Wildman–Crippen LogP) is 4.34. The summed E-state index contributed by atoms with van der Waals surface area (Å²) in [5.41, 5.74) is 0. The molecule has 2 aliphatic heterocycles. The third kappa shape index (κ3) is 5.51. The van der Waals surface area contributed by atoms with E-state index in [1.165, 1.54) is 32.4 Å². The van der Waals surface area contributed by atoms with Crippen LogP contribution in [0.2, 0.25) is 10.0 Å². The Morgan fingerprint density at radius 1 is 1.19 bits per heavy atom. The van der Waals surface area contributed by atoms with Crippen LogP contribution in [0.25, 0.3) is 0 Å². The molecule has 1 aromatic carbocycles. The molecule has 2 aliphatic rings. The van der Waals surface area contributed by atoms with Gasteiger partial charge in [-0.05, 0) is 68.8 Å².